The van der Waals surface area contributed by atoms with Crippen molar-refractivity contribution in [3.05, 3.63) is 0 Å². The van der Waals surface area contributed by atoms with Crippen LogP contribution in [0.15, 0.2) is 0 Å². The highest BCUT2D eigenvalue weighted by molar-refractivity contribution is 4.92. The monoisotopic (exact) mass is 177 g/mol. The Morgan fingerprint density at radius 1 is 1.33 bits per heavy atom. The third-order valence-electron chi connectivity index (χ3n) is 2.60. The summed E-state index contributed by atoms with van der Waals surface area (Å²) in [6.45, 7) is 2.24. The van der Waals surface area contributed by atoms with Crippen LogP contribution in [0.3, 0.4) is 0 Å². The van der Waals surface area contributed by atoms with Crippen LogP contribution in [0.1, 0.15) is 12.8 Å². The number of nitrogens with one attached hydrogen (secondary N) is 1. The molecule has 70 valence electrons. The highest BCUT2D eigenvalue weighted by atomic mass is 19.3. The van der Waals surface area contributed by atoms with Crippen molar-refractivity contribution in [3.63, 3.8) is 0 Å². The van der Waals surface area contributed by atoms with Crippen molar-refractivity contribution in [2.45, 2.75) is 24.9 Å². The largest absolute Gasteiger partial charge is 0.375 e. The molecule has 0 spiro atoms. The van der Waals surface area contributed by atoms with E-state index >= 15 is 0 Å². The zero-order valence-corrected chi connectivity index (χ0v) is 6.85. The standard InChI is InChI=1S/C8H13F2NO/c9-8(10)3-6(4-8)7-5-11-1-2-12-7/h6-7,11H,1-5H2. The van der Waals surface area contributed by atoms with E-state index in [4.69, 9.17) is 4.74 Å². The molecule has 0 bridgehead atoms. The Hall–Kier alpha value is -0.220. The lowest BCUT2D eigenvalue weighted by Crippen LogP contribution is -2.50. The molecule has 0 radical (unpaired) electrons. The number of morpholine rings is 1. The van der Waals surface area contributed by atoms with E-state index in [1.807, 2.05) is 0 Å². The van der Waals surface area contributed by atoms with Gasteiger partial charge in [-0.2, -0.15) is 0 Å². The van der Waals surface area contributed by atoms with Gasteiger partial charge in [0.2, 0.25) is 5.92 Å². The predicted octanol–water partition coefficient (Wildman–Crippen LogP) is 1.02. The third-order valence-corrected chi connectivity index (χ3v) is 2.60. The summed E-state index contributed by atoms with van der Waals surface area (Å²) in [6.07, 6.45) is 0.0528. The van der Waals surface area contributed by atoms with E-state index in [0.717, 1.165) is 13.1 Å². The molecule has 0 amide bonds. The molecular formula is C8H13F2NO. The first kappa shape index (κ1) is 8.38. The maximum Gasteiger partial charge on any atom is 0.248 e. The molecule has 2 nitrogen and oxygen atoms in total. The van der Waals surface area contributed by atoms with Crippen LogP contribution in [-0.2, 0) is 4.74 Å². The van der Waals surface area contributed by atoms with Crippen molar-refractivity contribution >= 4 is 0 Å². The summed E-state index contributed by atoms with van der Waals surface area (Å²) in [6, 6.07) is 0. The minimum absolute atomic E-state index is 0.0132. The Balaban J connectivity index is 1.79. The van der Waals surface area contributed by atoms with Crippen LogP contribution >= 0.6 is 0 Å². The molecule has 1 saturated heterocycles. The third kappa shape index (κ3) is 1.59. The fourth-order valence-corrected chi connectivity index (χ4v) is 1.86. The fourth-order valence-electron chi connectivity index (χ4n) is 1.86. The number of ether oxygens (including phenoxy) is 1. The molecule has 2 fully saturated rings. The van der Waals surface area contributed by atoms with Crippen molar-refractivity contribution in [3.8, 4) is 0 Å². The van der Waals surface area contributed by atoms with Gasteiger partial charge in [0.05, 0.1) is 12.7 Å². The Kier molecular flexibility index (Phi) is 2.04. The van der Waals surface area contributed by atoms with Crippen LogP contribution in [0.2, 0.25) is 0 Å². The van der Waals surface area contributed by atoms with Gasteiger partial charge in [0.25, 0.3) is 0 Å². The van der Waals surface area contributed by atoms with Gasteiger partial charge in [0.1, 0.15) is 0 Å². The van der Waals surface area contributed by atoms with E-state index in [2.05, 4.69) is 5.32 Å². The molecule has 0 aromatic carbocycles. The maximum absolute atomic E-state index is 12.5. The van der Waals surface area contributed by atoms with E-state index in [-0.39, 0.29) is 24.9 Å². The fraction of sp³-hybridized carbons (Fsp3) is 1.00. The van der Waals surface area contributed by atoms with Crippen molar-refractivity contribution < 1.29 is 13.5 Å². The number of rotatable bonds is 1. The first-order chi connectivity index (χ1) is 5.67. The van der Waals surface area contributed by atoms with Gasteiger partial charge in [-0.15, -0.1) is 0 Å². The molecule has 1 N–H and O–H groups in total. The SMILES string of the molecule is FC1(F)CC(C2CNCCO2)C1. The van der Waals surface area contributed by atoms with Crippen molar-refractivity contribution in [1.29, 1.82) is 0 Å². The molecular weight excluding hydrogens is 164 g/mol. The molecule has 2 rings (SSSR count). The molecule has 0 aromatic rings. The molecule has 1 aliphatic carbocycles. The zero-order valence-electron chi connectivity index (χ0n) is 6.85. The van der Waals surface area contributed by atoms with E-state index in [9.17, 15) is 8.78 Å². The Labute approximate surface area is 70.3 Å². The second-order valence-corrected chi connectivity index (χ2v) is 3.64. The number of halogens is 2. The van der Waals surface area contributed by atoms with Crippen LogP contribution < -0.4 is 5.32 Å². The molecule has 1 saturated carbocycles. The van der Waals surface area contributed by atoms with Crippen LogP contribution in [0, 0.1) is 5.92 Å². The van der Waals surface area contributed by atoms with E-state index in [0.29, 0.717) is 6.61 Å². The molecule has 4 heteroatoms. The van der Waals surface area contributed by atoms with Crippen LogP contribution in [-0.4, -0.2) is 31.7 Å². The van der Waals surface area contributed by atoms with Gasteiger partial charge in [-0.25, -0.2) is 8.78 Å². The van der Waals surface area contributed by atoms with E-state index in [1.54, 1.807) is 0 Å². The van der Waals surface area contributed by atoms with Crippen LogP contribution in [0.25, 0.3) is 0 Å². The minimum atomic E-state index is -2.41. The summed E-state index contributed by atoms with van der Waals surface area (Å²) in [5.74, 6) is -2.33. The lowest BCUT2D eigenvalue weighted by molar-refractivity contribution is -0.156. The zero-order chi connectivity index (χ0) is 8.60. The van der Waals surface area contributed by atoms with Crippen LogP contribution in [0.4, 0.5) is 8.78 Å². The average molecular weight is 177 g/mol. The summed E-state index contributed by atoms with van der Waals surface area (Å²) < 4.78 is 30.3. The first-order valence-corrected chi connectivity index (χ1v) is 4.37. The Morgan fingerprint density at radius 3 is 2.58 bits per heavy atom. The van der Waals surface area contributed by atoms with Crippen molar-refractivity contribution in [2.75, 3.05) is 19.7 Å². The predicted molar refractivity (Wildman–Crippen MR) is 40.3 cm³/mol. The summed E-state index contributed by atoms with van der Waals surface area (Å²) in [7, 11) is 0. The normalized spacial score (nSPS) is 36.0. The highest BCUT2D eigenvalue weighted by Crippen LogP contribution is 2.44. The van der Waals surface area contributed by atoms with Gasteiger partial charge < -0.3 is 10.1 Å². The molecule has 12 heavy (non-hydrogen) atoms. The van der Waals surface area contributed by atoms with Gasteiger partial charge in [0, 0.05) is 25.9 Å². The summed E-state index contributed by atoms with van der Waals surface area (Å²) >= 11 is 0. The smallest absolute Gasteiger partial charge is 0.248 e. The second-order valence-electron chi connectivity index (χ2n) is 3.64. The molecule has 1 heterocycles. The van der Waals surface area contributed by atoms with Gasteiger partial charge in [-0.05, 0) is 5.92 Å². The highest BCUT2D eigenvalue weighted by Gasteiger charge is 2.48. The van der Waals surface area contributed by atoms with Gasteiger partial charge >= 0.3 is 0 Å². The maximum atomic E-state index is 12.5. The Bertz CT molecular complexity index is 160. The van der Waals surface area contributed by atoms with Gasteiger partial charge in [0.15, 0.2) is 0 Å². The number of alkyl halides is 2. The molecule has 0 aromatic heterocycles. The number of hydrogen-bond acceptors (Lipinski definition) is 2. The lowest BCUT2D eigenvalue weighted by Gasteiger charge is -2.41. The van der Waals surface area contributed by atoms with Gasteiger partial charge in [-0.1, -0.05) is 0 Å². The first-order valence-electron chi connectivity index (χ1n) is 4.37. The molecule has 1 atom stereocenters. The average Bonchev–Trinajstić information content (AvgIpc) is 2.02. The lowest BCUT2D eigenvalue weighted by atomic mass is 9.77. The van der Waals surface area contributed by atoms with E-state index in [1.165, 1.54) is 0 Å². The number of hydrogen-bond donors (Lipinski definition) is 1. The second kappa shape index (κ2) is 2.92. The van der Waals surface area contributed by atoms with Crippen molar-refractivity contribution in [2.24, 2.45) is 5.92 Å². The van der Waals surface area contributed by atoms with Crippen molar-refractivity contribution in [1.82, 2.24) is 5.32 Å². The molecule has 2 aliphatic rings. The molecule has 1 unspecified atom stereocenters. The summed E-state index contributed by atoms with van der Waals surface area (Å²) in [5, 5.41) is 3.14. The molecule has 1 aliphatic heterocycles. The summed E-state index contributed by atoms with van der Waals surface area (Å²) in [5.41, 5.74) is 0. The quantitative estimate of drug-likeness (QED) is 0.645. The summed E-state index contributed by atoms with van der Waals surface area (Å²) in [4.78, 5) is 0. The van der Waals surface area contributed by atoms with Crippen LogP contribution in [0.5, 0.6) is 0 Å². The van der Waals surface area contributed by atoms with E-state index < -0.39 is 5.92 Å². The Morgan fingerprint density at radius 2 is 2.08 bits per heavy atom. The topological polar surface area (TPSA) is 21.3 Å². The van der Waals surface area contributed by atoms with Gasteiger partial charge in [-0.3, -0.25) is 0 Å². The minimum Gasteiger partial charge on any atom is -0.375 e.